The summed E-state index contributed by atoms with van der Waals surface area (Å²) in [6.45, 7) is 3.61. The lowest BCUT2D eigenvalue weighted by molar-refractivity contribution is -0.137. The fourth-order valence-corrected chi connectivity index (χ4v) is 4.99. The maximum Gasteiger partial charge on any atom is 0.225 e. The number of carbonyl (C=O) groups excluding carboxylic acids is 1. The summed E-state index contributed by atoms with van der Waals surface area (Å²) in [4.78, 5) is 25.6. The SMILES string of the molecule is O=C(C1CCN(c2nc3ccccc3[nH]2)CC1)N1CCC(Cc2ccccc2)CC1. The van der Waals surface area contributed by atoms with Crippen LogP contribution in [-0.4, -0.2) is 47.0 Å². The first-order valence-electron chi connectivity index (χ1n) is 11.3. The van der Waals surface area contributed by atoms with Crippen LogP contribution >= 0.6 is 0 Å². The van der Waals surface area contributed by atoms with Crippen molar-refractivity contribution >= 4 is 22.9 Å². The van der Waals surface area contributed by atoms with Gasteiger partial charge in [-0.05, 0) is 55.7 Å². The van der Waals surface area contributed by atoms with E-state index in [9.17, 15) is 4.79 Å². The second kappa shape index (κ2) is 8.50. The van der Waals surface area contributed by atoms with E-state index in [1.54, 1.807) is 0 Å². The van der Waals surface area contributed by atoms with Crippen LogP contribution in [0, 0.1) is 11.8 Å². The van der Waals surface area contributed by atoms with Crippen molar-refractivity contribution in [3.05, 3.63) is 60.2 Å². The van der Waals surface area contributed by atoms with E-state index < -0.39 is 0 Å². The topological polar surface area (TPSA) is 52.2 Å². The number of hydrogen-bond donors (Lipinski definition) is 1. The van der Waals surface area contributed by atoms with Crippen molar-refractivity contribution in [3.8, 4) is 0 Å². The van der Waals surface area contributed by atoms with Crippen molar-refractivity contribution in [3.63, 3.8) is 0 Å². The zero-order chi connectivity index (χ0) is 20.3. The number of hydrogen-bond acceptors (Lipinski definition) is 3. The van der Waals surface area contributed by atoms with Crippen molar-refractivity contribution in [2.45, 2.75) is 32.1 Å². The van der Waals surface area contributed by atoms with E-state index in [2.05, 4.69) is 51.2 Å². The second-order valence-electron chi connectivity index (χ2n) is 8.80. The van der Waals surface area contributed by atoms with Gasteiger partial charge < -0.3 is 14.8 Å². The predicted molar refractivity (Wildman–Crippen MR) is 120 cm³/mol. The van der Waals surface area contributed by atoms with Crippen molar-refractivity contribution in [2.75, 3.05) is 31.1 Å². The third-order valence-electron chi connectivity index (χ3n) is 6.81. The molecule has 0 spiro atoms. The summed E-state index contributed by atoms with van der Waals surface area (Å²) in [6, 6.07) is 18.9. The molecule has 0 aliphatic carbocycles. The molecule has 2 fully saturated rings. The first-order valence-corrected chi connectivity index (χ1v) is 11.3. The highest BCUT2D eigenvalue weighted by Gasteiger charge is 2.31. The largest absolute Gasteiger partial charge is 0.342 e. The summed E-state index contributed by atoms with van der Waals surface area (Å²) in [5.74, 6) is 2.17. The number of nitrogens with zero attached hydrogens (tertiary/aromatic N) is 3. The highest BCUT2D eigenvalue weighted by Crippen LogP contribution is 2.27. The van der Waals surface area contributed by atoms with Gasteiger partial charge in [0.2, 0.25) is 11.9 Å². The van der Waals surface area contributed by atoms with Crippen LogP contribution in [0.2, 0.25) is 0 Å². The van der Waals surface area contributed by atoms with Crippen molar-refractivity contribution in [2.24, 2.45) is 11.8 Å². The number of fused-ring (bicyclic) bond motifs is 1. The summed E-state index contributed by atoms with van der Waals surface area (Å²) >= 11 is 0. The first kappa shape index (κ1) is 19.2. The number of amides is 1. The predicted octanol–water partition coefficient (Wildman–Crippen LogP) is 4.26. The molecule has 1 N–H and O–H groups in total. The molecule has 0 atom stereocenters. The molecule has 2 aromatic carbocycles. The monoisotopic (exact) mass is 402 g/mol. The molecule has 5 rings (SSSR count). The average Bonchev–Trinajstić information content (AvgIpc) is 3.24. The van der Waals surface area contributed by atoms with Gasteiger partial charge in [0, 0.05) is 32.1 Å². The Morgan fingerprint density at radius 1 is 0.900 bits per heavy atom. The van der Waals surface area contributed by atoms with Gasteiger partial charge in [-0.25, -0.2) is 4.98 Å². The van der Waals surface area contributed by atoms with E-state index in [4.69, 9.17) is 4.98 Å². The van der Waals surface area contributed by atoms with Gasteiger partial charge in [0.15, 0.2) is 0 Å². The van der Waals surface area contributed by atoms with Gasteiger partial charge in [-0.2, -0.15) is 0 Å². The molecule has 0 unspecified atom stereocenters. The molecular weight excluding hydrogens is 372 g/mol. The zero-order valence-corrected chi connectivity index (χ0v) is 17.5. The number of carbonyl (C=O) groups is 1. The number of anilines is 1. The Labute approximate surface area is 178 Å². The number of rotatable bonds is 4. The summed E-state index contributed by atoms with van der Waals surface area (Å²) < 4.78 is 0. The standard InChI is InChI=1S/C25H30N4O/c30-24(28-14-10-20(11-15-28)18-19-6-2-1-3-7-19)21-12-16-29(17-13-21)25-26-22-8-4-5-9-23(22)27-25/h1-9,20-21H,10-18H2,(H,26,27). The van der Waals surface area contributed by atoms with Crippen LogP contribution in [0.15, 0.2) is 54.6 Å². The fourth-order valence-electron chi connectivity index (χ4n) is 4.99. The highest BCUT2D eigenvalue weighted by atomic mass is 16.2. The van der Waals surface area contributed by atoms with E-state index in [0.29, 0.717) is 11.8 Å². The molecule has 5 heteroatoms. The van der Waals surface area contributed by atoms with Crippen LogP contribution in [0.25, 0.3) is 11.0 Å². The molecule has 0 saturated carbocycles. The molecule has 30 heavy (non-hydrogen) atoms. The lowest BCUT2D eigenvalue weighted by atomic mass is 9.88. The maximum atomic E-state index is 13.1. The minimum atomic E-state index is 0.163. The van der Waals surface area contributed by atoms with Gasteiger partial charge in [-0.15, -0.1) is 0 Å². The molecular formula is C25H30N4O. The smallest absolute Gasteiger partial charge is 0.225 e. The number of likely N-dealkylation sites (tertiary alicyclic amines) is 1. The third-order valence-corrected chi connectivity index (χ3v) is 6.81. The van der Waals surface area contributed by atoms with E-state index >= 15 is 0 Å². The van der Waals surface area contributed by atoms with Crippen LogP contribution in [0.1, 0.15) is 31.2 Å². The number of piperidine rings is 2. The molecule has 1 aromatic heterocycles. The van der Waals surface area contributed by atoms with E-state index in [1.807, 2.05) is 18.2 Å². The Morgan fingerprint density at radius 3 is 2.33 bits per heavy atom. The number of aromatic nitrogens is 2. The number of nitrogens with one attached hydrogen (secondary N) is 1. The minimum absolute atomic E-state index is 0.163. The molecule has 3 aromatic rings. The van der Waals surface area contributed by atoms with Gasteiger partial charge in [0.1, 0.15) is 0 Å². The fraction of sp³-hybridized carbons (Fsp3) is 0.440. The van der Waals surface area contributed by atoms with Crippen molar-refractivity contribution in [1.29, 1.82) is 0 Å². The highest BCUT2D eigenvalue weighted by molar-refractivity contribution is 5.80. The van der Waals surface area contributed by atoms with Crippen molar-refractivity contribution < 1.29 is 4.79 Å². The third kappa shape index (κ3) is 4.07. The molecule has 5 nitrogen and oxygen atoms in total. The van der Waals surface area contributed by atoms with Crippen LogP contribution in [0.3, 0.4) is 0 Å². The van der Waals surface area contributed by atoms with Crippen LogP contribution in [-0.2, 0) is 11.2 Å². The molecule has 156 valence electrons. The summed E-state index contributed by atoms with van der Waals surface area (Å²) in [6.07, 6.45) is 5.22. The summed E-state index contributed by atoms with van der Waals surface area (Å²) in [7, 11) is 0. The number of benzene rings is 2. The van der Waals surface area contributed by atoms with Gasteiger partial charge >= 0.3 is 0 Å². The van der Waals surface area contributed by atoms with Crippen LogP contribution < -0.4 is 4.90 Å². The number of para-hydroxylation sites is 2. The van der Waals surface area contributed by atoms with E-state index in [1.165, 1.54) is 5.56 Å². The Bertz CT molecular complexity index is 950. The van der Waals surface area contributed by atoms with E-state index in [-0.39, 0.29) is 5.92 Å². The van der Waals surface area contributed by atoms with Gasteiger partial charge in [-0.3, -0.25) is 4.79 Å². The number of imidazole rings is 1. The Kier molecular flexibility index (Phi) is 5.43. The van der Waals surface area contributed by atoms with Gasteiger partial charge in [0.05, 0.1) is 11.0 Å². The molecule has 0 bridgehead atoms. The summed E-state index contributed by atoms with van der Waals surface area (Å²) in [5.41, 5.74) is 3.49. The molecule has 2 saturated heterocycles. The molecule has 1 amide bonds. The minimum Gasteiger partial charge on any atom is -0.342 e. The Morgan fingerprint density at radius 2 is 1.60 bits per heavy atom. The number of aromatic amines is 1. The molecule has 2 aliphatic rings. The Hall–Kier alpha value is -2.82. The first-order chi connectivity index (χ1) is 14.8. The Balaban J connectivity index is 1.12. The average molecular weight is 403 g/mol. The van der Waals surface area contributed by atoms with Gasteiger partial charge in [-0.1, -0.05) is 42.5 Å². The maximum absolute atomic E-state index is 13.1. The van der Waals surface area contributed by atoms with Crippen molar-refractivity contribution in [1.82, 2.24) is 14.9 Å². The normalized spacial score (nSPS) is 18.8. The zero-order valence-electron chi connectivity index (χ0n) is 17.5. The van der Waals surface area contributed by atoms with Crippen LogP contribution in [0.4, 0.5) is 5.95 Å². The lowest BCUT2D eigenvalue weighted by Crippen LogP contribution is -2.45. The molecule has 3 heterocycles. The number of H-pyrrole nitrogens is 1. The summed E-state index contributed by atoms with van der Waals surface area (Å²) in [5, 5.41) is 0. The molecule has 2 aliphatic heterocycles. The van der Waals surface area contributed by atoms with Gasteiger partial charge in [0.25, 0.3) is 0 Å². The second-order valence-corrected chi connectivity index (χ2v) is 8.80. The quantitative estimate of drug-likeness (QED) is 0.709. The van der Waals surface area contributed by atoms with Crippen LogP contribution in [0.5, 0.6) is 0 Å². The lowest BCUT2D eigenvalue weighted by Gasteiger charge is -2.37. The van der Waals surface area contributed by atoms with E-state index in [0.717, 1.165) is 75.3 Å². The molecule has 0 radical (unpaired) electrons.